The number of likely N-dealkylation sites (tertiary alicyclic amines) is 1. The van der Waals surface area contributed by atoms with Gasteiger partial charge in [-0.1, -0.05) is 30.3 Å². The van der Waals surface area contributed by atoms with Crippen LogP contribution in [0.2, 0.25) is 0 Å². The van der Waals surface area contributed by atoms with Crippen molar-refractivity contribution in [3.8, 4) is 0 Å². The van der Waals surface area contributed by atoms with Crippen LogP contribution in [0.15, 0.2) is 30.3 Å². The van der Waals surface area contributed by atoms with Crippen molar-refractivity contribution in [1.82, 2.24) is 10.2 Å². The summed E-state index contributed by atoms with van der Waals surface area (Å²) in [5.41, 5.74) is 1.43. The van der Waals surface area contributed by atoms with Crippen molar-refractivity contribution in [2.45, 2.75) is 45.1 Å². The lowest BCUT2D eigenvalue weighted by molar-refractivity contribution is -0.138. The fraction of sp³-hybridized carbons (Fsp3) is 0.632. The Balaban J connectivity index is 1.48. The highest BCUT2D eigenvalue weighted by Gasteiger charge is 2.30. The lowest BCUT2D eigenvalue weighted by Crippen LogP contribution is -2.46. The van der Waals surface area contributed by atoms with E-state index in [0.717, 1.165) is 57.7 Å². The quantitative estimate of drug-likeness (QED) is 0.931. The van der Waals surface area contributed by atoms with E-state index in [1.807, 2.05) is 0 Å². The van der Waals surface area contributed by atoms with Gasteiger partial charge >= 0.3 is 0 Å². The molecule has 3 nitrogen and oxygen atoms in total. The third kappa shape index (κ3) is 3.89. The van der Waals surface area contributed by atoms with E-state index in [2.05, 4.69) is 47.5 Å². The number of carbonyl (C=O) groups excluding carboxylic acids is 1. The summed E-state index contributed by atoms with van der Waals surface area (Å²) >= 11 is 0. The molecule has 1 amide bonds. The predicted octanol–water partition coefficient (Wildman–Crippen LogP) is 2.86. The molecule has 2 atom stereocenters. The molecule has 3 heteroatoms. The average molecular weight is 300 g/mol. The van der Waals surface area contributed by atoms with Crippen LogP contribution in [0.4, 0.5) is 0 Å². The summed E-state index contributed by atoms with van der Waals surface area (Å²) in [6.45, 7) is 5.08. The van der Waals surface area contributed by atoms with E-state index in [4.69, 9.17) is 0 Å². The van der Waals surface area contributed by atoms with Crippen LogP contribution in [0.25, 0.3) is 0 Å². The van der Waals surface area contributed by atoms with Crippen LogP contribution in [-0.4, -0.2) is 36.5 Å². The van der Waals surface area contributed by atoms with Crippen molar-refractivity contribution in [3.63, 3.8) is 0 Å². The molecule has 22 heavy (non-hydrogen) atoms. The monoisotopic (exact) mass is 300 g/mol. The third-order valence-corrected chi connectivity index (χ3v) is 5.27. The zero-order valence-corrected chi connectivity index (χ0v) is 13.6. The van der Waals surface area contributed by atoms with Crippen molar-refractivity contribution < 1.29 is 4.79 Å². The van der Waals surface area contributed by atoms with E-state index in [1.165, 1.54) is 5.56 Å². The Morgan fingerprint density at radius 3 is 2.59 bits per heavy atom. The molecule has 0 bridgehead atoms. The van der Waals surface area contributed by atoms with Crippen LogP contribution < -0.4 is 5.32 Å². The van der Waals surface area contributed by atoms with Crippen molar-refractivity contribution in [3.05, 3.63) is 35.9 Å². The standard InChI is InChI=1S/C19H28N2O/c1-15-13-18(7-10-20-15)19(22)21-11-8-17(9-12-21)14-16-5-3-2-4-6-16/h2-6,15,17-18,20H,7-14H2,1H3/t15-,18-/m0/s1. The molecule has 0 aliphatic carbocycles. The molecule has 1 aromatic carbocycles. The molecule has 1 N–H and O–H groups in total. The first-order chi connectivity index (χ1) is 10.7. The Morgan fingerprint density at radius 2 is 1.91 bits per heavy atom. The molecule has 0 spiro atoms. The minimum atomic E-state index is 0.252. The summed E-state index contributed by atoms with van der Waals surface area (Å²) in [5, 5.41) is 3.43. The molecule has 3 rings (SSSR count). The van der Waals surface area contributed by atoms with Gasteiger partial charge < -0.3 is 10.2 Å². The van der Waals surface area contributed by atoms with E-state index in [1.54, 1.807) is 0 Å². The van der Waals surface area contributed by atoms with E-state index in [0.29, 0.717) is 11.9 Å². The smallest absolute Gasteiger partial charge is 0.225 e. The number of benzene rings is 1. The van der Waals surface area contributed by atoms with E-state index < -0.39 is 0 Å². The number of carbonyl (C=O) groups is 1. The molecule has 120 valence electrons. The SMILES string of the molecule is C[C@H]1C[C@@H](C(=O)N2CCC(Cc3ccccc3)CC2)CCN1. The maximum Gasteiger partial charge on any atom is 0.225 e. The Bertz CT molecular complexity index is 479. The van der Waals surface area contributed by atoms with E-state index in [9.17, 15) is 4.79 Å². The minimum absolute atomic E-state index is 0.252. The summed E-state index contributed by atoms with van der Waals surface area (Å²) in [4.78, 5) is 14.8. The lowest BCUT2D eigenvalue weighted by atomic mass is 9.88. The van der Waals surface area contributed by atoms with Crippen LogP contribution >= 0.6 is 0 Å². The van der Waals surface area contributed by atoms with Crippen LogP contribution in [0.5, 0.6) is 0 Å². The van der Waals surface area contributed by atoms with Crippen LogP contribution in [0, 0.1) is 11.8 Å². The van der Waals surface area contributed by atoms with Gasteiger partial charge in [-0.3, -0.25) is 4.79 Å². The van der Waals surface area contributed by atoms with Gasteiger partial charge in [0.2, 0.25) is 5.91 Å². The lowest BCUT2D eigenvalue weighted by Gasteiger charge is -2.36. The van der Waals surface area contributed by atoms with E-state index >= 15 is 0 Å². The van der Waals surface area contributed by atoms with Gasteiger partial charge in [-0.2, -0.15) is 0 Å². The van der Waals surface area contributed by atoms with Gasteiger partial charge in [-0.25, -0.2) is 0 Å². The molecule has 2 heterocycles. The minimum Gasteiger partial charge on any atom is -0.342 e. The van der Waals surface area contributed by atoms with Crippen LogP contribution in [-0.2, 0) is 11.2 Å². The Labute approximate surface area is 134 Å². The fourth-order valence-corrected chi connectivity index (χ4v) is 3.92. The van der Waals surface area contributed by atoms with Gasteiger partial charge in [0, 0.05) is 25.0 Å². The highest BCUT2D eigenvalue weighted by atomic mass is 16.2. The van der Waals surface area contributed by atoms with Gasteiger partial charge in [0.1, 0.15) is 0 Å². The Hall–Kier alpha value is -1.35. The molecule has 2 aliphatic heterocycles. The summed E-state index contributed by atoms with van der Waals surface area (Å²) < 4.78 is 0. The number of nitrogens with zero attached hydrogens (tertiary/aromatic N) is 1. The fourth-order valence-electron chi connectivity index (χ4n) is 3.92. The van der Waals surface area contributed by atoms with Crippen LogP contribution in [0.1, 0.15) is 38.2 Å². The molecule has 0 aromatic heterocycles. The number of amides is 1. The van der Waals surface area contributed by atoms with Crippen LogP contribution in [0.3, 0.4) is 0 Å². The highest BCUT2D eigenvalue weighted by Crippen LogP contribution is 2.25. The zero-order valence-electron chi connectivity index (χ0n) is 13.6. The van der Waals surface area contributed by atoms with Gasteiger partial charge in [0.15, 0.2) is 0 Å². The van der Waals surface area contributed by atoms with Gasteiger partial charge in [-0.05, 0) is 57.1 Å². The number of rotatable bonds is 3. The molecule has 2 fully saturated rings. The topological polar surface area (TPSA) is 32.3 Å². The average Bonchev–Trinajstić information content (AvgIpc) is 2.56. The Kier molecular flexibility index (Phi) is 5.14. The number of piperidine rings is 2. The van der Waals surface area contributed by atoms with Gasteiger partial charge in [-0.15, -0.1) is 0 Å². The summed E-state index contributed by atoms with van der Waals surface area (Å²) in [7, 11) is 0. The zero-order chi connectivity index (χ0) is 15.4. The Morgan fingerprint density at radius 1 is 1.18 bits per heavy atom. The number of hydrogen-bond donors (Lipinski definition) is 1. The highest BCUT2D eigenvalue weighted by molar-refractivity contribution is 5.79. The van der Waals surface area contributed by atoms with Crippen molar-refractivity contribution in [1.29, 1.82) is 0 Å². The van der Waals surface area contributed by atoms with Gasteiger partial charge in [0.25, 0.3) is 0 Å². The second-order valence-electron chi connectivity index (χ2n) is 7.03. The number of nitrogens with one attached hydrogen (secondary N) is 1. The first kappa shape index (κ1) is 15.5. The summed E-state index contributed by atoms with van der Waals surface area (Å²) in [6, 6.07) is 11.2. The molecular formula is C19H28N2O. The van der Waals surface area contributed by atoms with Crippen molar-refractivity contribution in [2.24, 2.45) is 11.8 Å². The number of hydrogen-bond acceptors (Lipinski definition) is 2. The maximum atomic E-state index is 12.7. The second-order valence-corrected chi connectivity index (χ2v) is 7.03. The largest absolute Gasteiger partial charge is 0.342 e. The predicted molar refractivity (Wildman–Crippen MR) is 89.6 cm³/mol. The second kappa shape index (κ2) is 7.28. The first-order valence-corrected chi connectivity index (χ1v) is 8.78. The van der Waals surface area contributed by atoms with Crippen molar-refractivity contribution in [2.75, 3.05) is 19.6 Å². The van der Waals surface area contributed by atoms with Crippen molar-refractivity contribution >= 4 is 5.91 Å². The molecule has 0 radical (unpaired) electrons. The van der Waals surface area contributed by atoms with Gasteiger partial charge in [0.05, 0.1) is 0 Å². The molecule has 0 unspecified atom stereocenters. The molecule has 2 aliphatic rings. The first-order valence-electron chi connectivity index (χ1n) is 8.78. The summed E-state index contributed by atoms with van der Waals surface area (Å²) in [6.07, 6.45) is 5.48. The molecular weight excluding hydrogens is 272 g/mol. The maximum absolute atomic E-state index is 12.7. The van der Waals surface area contributed by atoms with E-state index in [-0.39, 0.29) is 5.92 Å². The molecule has 1 aromatic rings. The molecule has 2 saturated heterocycles. The normalized spacial score (nSPS) is 26.9. The molecule has 0 saturated carbocycles. The summed E-state index contributed by atoms with van der Waals surface area (Å²) in [5.74, 6) is 1.40. The third-order valence-electron chi connectivity index (χ3n) is 5.27.